The summed E-state index contributed by atoms with van der Waals surface area (Å²) in [6, 6.07) is 18.6. The fraction of sp³-hybridized carbons (Fsp3) is 0.394. The molecule has 0 bridgehead atoms. The van der Waals surface area contributed by atoms with Crippen LogP contribution in [0.3, 0.4) is 0 Å². The quantitative estimate of drug-likeness (QED) is 0.327. The molecule has 9 heteroatoms. The maximum atomic E-state index is 14.2. The molecular weight excluding hydrogens is 550 g/mol. The molecule has 8 nitrogen and oxygen atoms in total. The van der Waals surface area contributed by atoms with Crippen LogP contribution in [0.5, 0.6) is 5.75 Å². The lowest BCUT2D eigenvalue weighted by molar-refractivity contribution is -0.139. The number of hydrogen-bond acceptors (Lipinski definition) is 5. The standard InChI is InChI=1S/C33H41N3O5S/c1-23-10-17-30(18-11-23)42(39,40)36(31-19-12-24(2)20-25(31)3)22-32(37)35(21-27-13-15-29(41-5)16-14-27)26(4)33(38)34-28-8-6-7-9-28/h10-20,26,28H,6-9,21-22H2,1-5H3,(H,34,38). The summed E-state index contributed by atoms with van der Waals surface area (Å²) >= 11 is 0. The molecule has 1 aliphatic rings. The molecule has 1 N–H and O–H groups in total. The van der Waals surface area contributed by atoms with E-state index in [2.05, 4.69) is 5.32 Å². The first kappa shape index (κ1) is 31.1. The zero-order valence-corrected chi connectivity index (χ0v) is 25.9. The van der Waals surface area contributed by atoms with Crippen LogP contribution < -0.4 is 14.4 Å². The van der Waals surface area contributed by atoms with Crippen LogP contribution in [0.2, 0.25) is 0 Å². The number of nitrogens with zero attached hydrogens (tertiary/aromatic N) is 2. The van der Waals surface area contributed by atoms with E-state index in [9.17, 15) is 18.0 Å². The van der Waals surface area contributed by atoms with E-state index in [1.54, 1.807) is 56.5 Å². The Morgan fingerprint density at radius 1 is 0.929 bits per heavy atom. The van der Waals surface area contributed by atoms with Gasteiger partial charge in [-0.05, 0) is 82.0 Å². The fourth-order valence-electron chi connectivity index (χ4n) is 5.34. The molecule has 224 valence electrons. The molecule has 0 spiro atoms. The second-order valence-corrected chi connectivity index (χ2v) is 13.0. The smallest absolute Gasteiger partial charge is 0.264 e. The van der Waals surface area contributed by atoms with Crippen LogP contribution in [-0.4, -0.2) is 50.9 Å². The fourth-order valence-corrected chi connectivity index (χ4v) is 6.82. The maximum Gasteiger partial charge on any atom is 0.264 e. The van der Waals surface area contributed by atoms with Crippen LogP contribution in [0.1, 0.15) is 54.9 Å². The molecule has 3 aromatic rings. The van der Waals surface area contributed by atoms with E-state index in [1.165, 1.54) is 4.90 Å². The van der Waals surface area contributed by atoms with E-state index in [-0.39, 0.29) is 23.4 Å². The average Bonchev–Trinajstić information content (AvgIpc) is 3.48. The number of benzene rings is 3. The van der Waals surface area contributed by atoms with Gasteiger partial charge in [-0.1, -0.05) is 60.4 Å². The van der Waals surface area contributed by atoms with E-state index in [4.69, 9.17) is 4.74 Å². The van der Waals surface area contributed by atoms with Gasteiger partial charge in [-0.3, -0.25) is 13.9 Å². The normalized spacial score (nSPS) is 14.3. The summed E-state index contributed by atoms with van der Waals surface area (Å²) in [5.74, 6) is -0.0485. The van der Waals surface area contributed by atoms with Crippen molar-refractivity contribution in [2.24, 2.45) is 0 Å². The number of ether oxygens (including phenoxy) is 1. The first-order valence-electron chi connectivity index (χ1n) is 14.4. The first-order valence-corrected chi connectivity index (χ1v) is 15.8. The van der Waals surface area contributed by atoms with Gasteiger partial charge in [0.25, 0.3) is 10.0 Å². The Morgan fingerprint density at radius 3 is 2.14 bits per heavy atom. The molecule has 0 aliphatic heterocycles. The summed E-state index contributed by atoms with van der Waals surface area (Å²) in [5, 5.41) is 3.10. The first-order chi connectivity index (χ1) is 20.0. The van der Waals surface area contributed by atoms with Gasteiger partial charge in [0.15, 0.2) is 0 Å². The SMILES string of the molecule is COc1ccc(CN(C(=O)CN(c2ccc(C)cc2C)S(=O)(=O)c2ccc(C)cc2)C(C)C(=O)NC2CCCC2)cc1. The van der Waals surface area contributed by atoms with Crippen LogP contribution in [0.4, 0.5) is 5.69 Å². The number of sulfonamides is 1. The molecule has 1 saturated carbocycles. The van der Waals surface area contributed by atoms with Crippen molar-refractivity contribution < 1.29 is 22.7 Å². The van der Waals surface area contributed by atoms with E-state index < -0.39 is 28.5 Å². The molecule has 1 fully saturated rings. The second kappa shape index (κ2) is 13.4. The van der Waals surface area contributed by atoms with Crippen LogP contribution in [0.15, 0.2) is 71.6 Å². The van der Waals surface area contributed by atoms with Gasteiger partial charge in [-0.25, -0.2) is 8.42 Å². The average molecular weight is 592 g/mol. The Morgan fingerprint density at radius 2 is 1.55 bits per heavy atom. The number of nitrogens with one attached hydrogen (secondary N) is 1. The molecule has 0 heterocycles. The molecule has 0 radical (unpaired) electrons. The lowest BCUT2D eigenvalue weighted by Crippen LogP contribution is -2.52. The minimum absolute atomic E-state index is 0.0894. The van der Waals surface area contributed by atoms with Crippen molar-refractivity contribution in [2.75, 3.05) is 18.0 Å². The molecule has 1 aliphatic carbocycles. The number of carbonyl (C=O) groups is 2. The van der Waals surface area contributed by atoms with E-state index in [0.717, 1.165) is 52.2 Å². The molecule has 1 atom stereocenters. The Hall–Kier alpha value is -3.85. The third-order valence-corrected chi connectivity index (χ3v) is 9.66. The Bertz CT molecular complexity index is 1500. The van der Waals surface area contributed by atoms with E-state index in [0.29, 0.717) is 11.4 Å². The van der Waals surface area contributed by atoms with Gasteiger partial charge >= 0.3 is 0 Å². The van der Waals surface area contributed by atoms with Gasteiger partial charge < -0.3 is 15.0 Å². The third kappa shape index (κ3) is 7.31. The summed E-state index contributed by atoms with van der Waals surface area (Å²) in [6.07, 6.45) is 3.96. The van der Waals surface area contributed by atoms with Crippen molar-refractivity contribution >= 4 is 27.5 Å². The van der Waals surface area contributed by atoms with Crippen molar-refractivity contribution in [1.29, 1.82) is 0 Å². The van der Waals surface area contributed by atoms with E-state index >= 15 is 0 Å². The minimum Gasteiger partial charge on any atom is -0.497 e. The van der Waals surface area contributed by atoms with Crippen LogP contribution in [-0.2, 0) is 26.2 Å². The van der Waals surface area contributed by atoms with Gasteiger partial charge in [0.05, 0.1) is 17.7 Å². The Kier molecular flexibility index (Phi) is 9.93. The molecule has 2 amide bonds. The van der Waals surface area contributed by atoms with Crippen LogP contribution >= 0.6 is 0 Å². The van der Waals surface area contributed by atoms with Gasteiger partial charge in [-0.2, -0.15) is 0 Å². The summed E-state index contributed by atoms with van der Waals surface area (Å²) in [5.41, 5.74) is 3.85. The monoisotopic (exact) mass is 591 g/mol. The maximum absolute atomic E-state index is 14.2. The second-order valence-electron chi connectivity index (χ2n) is 11.2. The zero-order chi connectivity index (χ0) is 30.4. The van der Waals surface area contributed by atoms with Crippen molar-refractivity contribution in [3.63, 3.8) is 0 Å². The van der Waals surface area contributed by atoms with Crippen molar-refractivity contribution in [3.05, 3.63) is 89.0 Å². The summed E-state index contributed by atoms with van der Waals surface area (Å²) in [4.78, 5) is 29.1. The molecule has 42 heavy (non-hydrogen) atoms. The predicted molar refractivity (Wildman–Crippen MR) is 165 cm³/mol. The molecule has 3 aromatic carbocycles. The van der Waals surface area contributed by atoms with E-state index in [1.807, 2.05) is 45.0 Å². The molecule has 1 unspecified atom stereocenters. The zero-order valence-electron chi connectivity index (χ0n) is 25.1. The van der Waals surface area contributed by atoms with Crippen molar-refractivity contribution in [2.45, 2.75) is 76.9 Å². The molecule has 0 saturated heterocycles. The number of aryl methyl sites for hydroxylation is 3. The predicted octanol–water partition coefficient (Wildman–Crippen LogP) is 5.29. The number of rotatable bonds is 11. The van der Waals surface area contributed by atoms with Crippen LogP contribution in [0, 0.1) is 20.8 Å². The lowest BCUT2D eigenvalue weighted by atomic mass is 10.1. The number of methoxy groups -OCH3 is 1. The van der Waals surface area contributed by atoms with Gasteiger partial charge in [-0.15, -0.1) is 0 Å². The van der Waals surface area contributed by atoms with Crippen molar-refractivity contribution in [3.8, 4) is 5.75 Å². The molecule has 0 aromatic heterocycles. The summed E-state index contributed by atoms with van der Waals surface area (Å²) in [7, 11) is -2.53. The van der Waals surface area contributed by atoms with Crippen molar-refractivity contribution in [1.82, 2.24) is 10.2 Å². The molecule has 4 rings (SSSR count). The van der Waals surface area contributed by atoms with Gasteiger partial charge in [0.1, 0.15) is 18.3 Å². The van der Waals surface area contributed by atoms with Crippen LogP contribution in [0.25, 0.3) is 0 Å². The van der Waals surface area contributed by atoms with Gasteiger partial charge in [0.2, 0.25) is 11.8 Å². The number of amides is 2. The highest BCUT2D eigenvalue weighted by Gasteiger charge is 2.34. The highest BCUT2D eigenvalue weighted by molar-refractivity contribution is 7.92. The topological polar surface area (TPSA) is 96.0 Å². The number of hydrogen-bond donors (Lipinski definition) is 1. The number of anilines is 1. The lowest BCUT2D eigenvalue weighted by Gasteiger charge is -2.33. The number of carbonyl (C=O) groups excluding carboxylic acids is 2. The largest absolute Gasteiger partial charge is 0.497 e. The highest BCUT2D eigenvalue weighted by atomic mass is 32.2. The Labute approximate surface area is 249 Å². The summed E-state index contributed by atoms with van der Waals surface area (Å²) in [6.45, 7) is 7.02. The summed E-state index contributed by atoms with van der Waals surface area (Å²) < 4.78 is 34.6. The van der Waals surface area contributed by atoms with Gasteiger partial charge in [0, 0.05) is 12.6 Å². The molecular formula is C33H41N3O5S. The third-order valence-electron chi connectivity index (χ3n) is 7.89. The minimum atomic E-state index is -4.11. The highest BCUT2D eigenvalue weighted by Crippen LogP contribution is 2.29. The Balaban J connectivity index is 1.70.